The fourth-order valence-corrected chi connectivity index (χ4v) is 4.44. The molecule has 152 valence electrons. The lowest BCUT2D eigenvalue weighted by molar-refractivity contribution is 0.0914. The molecular formula is C21H21FN2O4S. The zero-order valence-electron chi connectivity index (χ0n) is 16.2. The van der Waals surface area contributed by atoms with Crippen molar-refractivity contribution >= 4 is 32.6 Å². The van der Waals surface area contributed by atoms with Gasteiger partial charge in [-0.05, 0) is 43.2 Å². The van der Waals surface area contributed by atoms with E-state index in [9.17, 15) is 9.18 Å². The van der Waals surface area contributed by atoms with Crippen LogP contribution in [0.25, 0.3) is 10.2 Å². The number of halogens is 1. The normalized spacial score (nSPS) is 16.2. The molecule has 1 fully saturated rings. The highest BCUT2D eigenvalue weighted by Crippen LogP contribution is 2.35. The largest absolute Gasteiger partial charge is 0.493 e. The van der Waals surface area contributed by atoms with E-state index < -0.39 is 0 Å². The fourth-order valence-electron chi connectivity index (χ4n) is 3.44. The van der Waals surface area contributed by atoms with Gasteiger partial charge in [-0.25, -0.2) is 9.37 Å². The van der Waals surface area contributed by atoms with Crippen molar-refractivity contribution in [3.05, 3.63) is 47.8 Å². The first-order chi connectivity index (χ1) is 14.1. The Labute approximate surface area is 171 Å². The Hall–Kier alpha value is -2.71. The number of rotatable bonds is 6. The van der Waals surface area contributed by atoms with Crippen molar-refractivity contribution in [1.29, 1.82) is 0 Å². The second-order valence-electron chi connectivity index (χ2n) is 6.70. The molecule has 0 bridgehead atoms. The van der Waals surface area contributed by atoms with Crippen molar-refractivity contribution in [2.45, 2.75) is 18.9 Å². The van der Waals surface area contributed by atoms with E-state index in [1.54, 1.807) is 29.2 Å². The van der Waals surface area contributed by atoms with Crippen LogP contribution in [0.15, 0.2) is 36.4 Å². The number of thiazole rings is 1. The number of ether oxygens (including phenoxy) is 3. The van der Waals surface area contributed by atoms with Gasteiger partial charge in [0.15, 0.2) is 16.6 Å². The van der Waals surface area contributed by atoms with Crippen LogP contribution >= 0.6 is 11.3 Å². The third-order valence-corrected chi connectivity index (χ3v) is 5.90. The molecule has 0 N–H and O–H groups in total. The third kappa shape index (κ3) is 3.90. The van der Waals surface area contributed by atoms with Gasteiger partial charge in [-0.1, -0.05) is 17.4 Å². The van der Waals surface area contributed by atoms with Crippen LogP contribution in [0.5, 0.6) is 11.5 Å². The molecule has 8 heteroatoms. The Balaban J connectivity index is 1.76. The van der Waals surface area contributed by atoms with Gasteiger partial charge < -0.3 is 14.2 Å². The zero-order valence-corrected chi connectivity index (χ0v) is 17.0. The molecule has 1 saturated heterocycles. The average Bonchev–Trinajstić information content (AvgIpc) is 3.39. The number of hydrogen-bond acceptors (Lipinski definition) is 6. The fraction of sp³-hybridized carbons (Fsp3) is 0.333. The Morgan fingerprint density at radius 1 is 1.31 bits per heavy atom. The van der Waals surface area contributed by atoms with Gasteiger partial charge in [0.2, 0.25) is 0 Å². The van der Waals surface area contributed by atoms with Crippen LogP contribution in [0.1, 0.15) is 23.2 Å². The summed E-state index contributed by atoms with van der Waals surface area (Å²) in [5.41, 5.74) is 1.02. The minimum atomic E-state index is -0.334. The first-order valence-corrected chi connectivity index (χ1v) is 10.1. The minimum Gasteiger partial charge on any atom is -0.493 e. The van der Waals surface area contributed by atoms with Gasteiger partial charge in [0.05, 0.1) is 42.6 Å². The first kappa shape index (κ1) is 19.6. The number of hydrogen-bond donors (Lipinski definition) is 0. The number of nitrogens with zero attached hydrogens (tertiary/aromatic N) is 2. The lowest BCUT2D eigenvalue weighted by Crippen LogP contribution is -2.37. The van der Waals surface area contributed by atoms with Gasteiger partial charge in [0, 0.05) is 6.61 Å². The summed E-state index contributed by atoms with van der Waals surface area (Å²) in [4.78, 5) is 19.7. The van der Waals surface area contributed by atoms with E-state index >= 15 is 0 Å². The number of benzene rings is 2. The van der Waals surface area contributed by atoms with Gasteiger partial charge in [0.1, 0.15) is 5.82 Å². The number of para-hydroxylation sites is 1. The van der Waals surface area contributed by atoms with Crippen LogP contribution in [0, 0.1) is 5.82 Å². The number of amides is 1. The molecule has 6 nitrogen and oxygen atoms in total. The maximum atomic E-state index is 13.6. The summed E-state index contributed by atoms with van der Waals surface area (Å²) < 4.78 is 30.8. The van der Waals surface area contributed by atoms with E-state index in [2.05, 4.69) is 4.98 Å². The molecule has 29 heavy (non-hydrogen) atoms. The van der Waals surface area contributed by atoms with Crippen LogP contribution in [0.2, 0.25) is 0 Å². The highest BCUT2D eigenvalue weighted by Gasteiger charge is 2.29. The molecule has 1 aromatic heterocycles. The highest BCUT2D eigenvalue weighted by molar-refractivity contribution is 7.22. The first-order valence-electron chi connectivity index (χ1n) is 9.31. The topological polar surface area (TPSA) is 60.9 Å². The average molecular weight is 416 g/mol. The summed E-state index contributed by atoms with van der Waals surface area (Å²) in [7, 11) is 3.03. The van der Waals surface area contributed by atoms with E-state index in [1.807, 2.05) is 0 Å². The van der Waals surface area contributed by atoms with E-state index in [1.165, 1.54) is 37.7 Å². The van der Waals surface area contributed by atoms with E-state index in [-0.39, 0.29) is 17.8 Å². The van der Waals surface area contributed by atoms with Crippen molar-refractivity contribution in [2.75, 3.05) is 32.3 Å². The molecule has 2 heterocycles. The van der Waals surface area contributed by atoms with E-state index in [0.717, 1.165) is 12.8 Å². The SMILES string of the molecule is COc1cccc(C(=O)N(CC2CCCO2)c2nc3ccc(F)cc3s2)c1OC. The van der Waals surface area contributed by atoms with Crippen molar-refractivity contribution in [2.24, 2.45) is 0 Å². The molecular weight excluding hydrogens is 395 g/mol. The van der Waals surface area contributed by atoms with Crippen molar-refractivity contribution in [1.82, 2.24) is 4.98 Å². The summed E-state index contributed by atoms with van der Waals surface area (Å²) in [6.45, 7) is 1.04. The molecule has 1 aliphatic heterocycles. The number of anilines is 1. The molecule has 0 radical (unpaired) electrons. The molecule has 4 rings (SSSR count). The van der Waals surface area contributed by atoms with Crippen molar-refractivity contribution in [3.63, 3.8) is 0 Å². The van der Waals surface area contributed by atoms with Crippen LogP contribution < -0.4 is 14.4 Å². The Morgan fingerprint density at radius 2 is 2.17 bits per heavy atom. The van der Waals surface area contributed by atoms with Gasteiger partial charge in [-0.15, -0.1) is 0 Å². The summed E-state index contributed by atoms with van der Waals surface area (Å²) in [5, 5.41) is 0.496. The maximum Gasteiger partial charge on any atom is 0.264 e. The predicted octanol–water partition coefficient (Wildman–Crippen LogP) is 4.28. The molecule has 1 unspecified atom stereocenters. The van der Waals surface area contributed by atoms with E-state index in [4.69, 9.17) is 14.2 Å². The smallest absolute Gasteiger partial charge is 0.264 e. The molecule has 0 saturated carbocycles. The number of aromatic nitrogens is 1. The minimum absolute atomic E-state index is 0.0701. The predicted molar refractivity (Wildman–Crippen MR) is 110 cm³/mol. The van der Waals surface area contributed by atoms with Crippen LogP contribution in [-0.2, 0) is 4.74 Å². The number of methoxy groups -OCH3 is 2. The van der Waals surface area contributed by atoms with Crippen molar-refractivity contribution in [3.8, 4) is 11.5 Å². The highest BCUT2D eigenvalue weighted by atomic mass is 32.1. The second kappa shape index (κ2) is 8.34. The van der Waals surface area contributed by atoms with Crippen LogP contribution in [-0.4, -0.2) is 44.4 Å². The molecule has 1 atom stereocenters. The van der Waals surface area contributed by atoms with E-state index in [0.29, 0.717) is 45.6 Å². The van der Waals surface area contributed by atoms with Crippen LogP contribution in [0.3, 0.4) is 0 Å². The molecule has 0 spiro atoms. The van der Waals surface area contributed by atoms with Gasteiger partial charge >= 0.3 is 0 Å². The number of carbonyl (C=O) groups is 1. The number of fused-ring (bicyclic) bond motifs is 1. The Kier molecular flexibility index (Phi) is 5.64. The Bertz CT molecular complexity index is 1030. The molecule has 1 aliphatic rings. The number of carbonyl (C=O) groups excluding carboxylic acids is 1. The quantitative estimate of drug-likeness (QED) is 0.600. The molecule has 3 aromatic rings. The lowest BCUT2D eigenvalue weighted by atomic mass is 10.1. The summed E-state index contributed by atoms with van der Waals surface area (Å²) in [5.74, 6) is 0.237. The molecule has 2 aromatic carbocycles. The van der Waals surface area contributed by atoms with Gasteiger partial charge in [0.25, 0.3) is 5.91 Å². The summed E-state index contributed by atoms with van der Waals surface area (Å²) in [6.07, 6.45) is 1.76. The summed E-state index contributed by atoms with van der Waals surface area (Å²) in [6, 6.07) is 9.58. The summed E-state index contributed by atoms with van der Waals surface area (Å²) >= 11 is 1.28. The third-order valence-electron chi connectivity index (χ3n) is 4.86. The standard InChI is InChI=1S/C21H21FN2O4S/c1-26-17-7-3-6-15(19(17)27-2)20(25)24(12-14-5-4-10-28-14)21-23-16-9-8-13(22)11-18(16)29-21/h3,6-9,11,14H,4-5,10,12H2,1-2H3. The molecule has 0 aliphatic carbocycles. The van der Waals surface area contributed by atoms with Crippen LogP contribution in [0.4, 0.5) is 9.52 Å². The van der Waals surface area contributed by atoms with Gasteiger partial charge in [-0.2, -0.15) is 0 Å². The monoisotopic (exact) mass is 416 g/mol. The van der Waals surface area contributed by atoms with Crippen molar-refractivity contribution < 1.29 is 23.4 Å². The lowest BCUT2D eigenvalue weighted by Gasteiger charge is -2.24. The second-order valence-corrected chi connectivity index (χ2v) is 7.71. The zero-order chi connectivity index (χ0) is 20.4. The van der Waals surface area contributed by atoms with Gasteiger partial charge in [-0.3, -0.25) is 9.69 Å². The maximum absolute atomic E-state index is 13.6. The Morgan fingerprint density at radius 3 is 2.90 bits per heavy atom. The molecule has 1 amide bonds.